The van der Waals surface area contributed by atoms with Gasteiger partial charge in [0.2, 0.25) is 5.96 Å². The number of carbonyl (C=O) groups excluding carboxylic acids is 2. The number of ether oxygens (including phenoxy) is 1. The monoisotopic (exact) mass is 539 g/mol. The quantitative estimate of drug-likeness (QED) is 0.473. The highest BCUT2D eigenvalue weighted by molar-refractivity contribution is 8.25. The van der Waals surface area contributed by atoms with Crippen LogP contribution in [0.3, 0.4) is 0 Å². The predicted molar refractivity (Wildman–Crippen MR) is 140 cm³/mol. The fourth-order valence-electron chi connectivity index (χ4n) is 3.73. The molecule has 0 bridgehead atoms. The highest BCUT2D eigenvalue weighted by Crippen LogP contribution is 2.51. The van der Waals surface area contributed by atoms with E-state index in [2.05, 4.69) is 20.0 Å². The third-order valence-electron chi connectivity index (χ3n) is 5.51. The van der Waals surface area contributed by atoms with Crippen LogP contribution in [0.15, 0.2) is 41.5 Å². The van der Waals surface area contributed by atoms with Gasteiger partial charge in [0.05, 0.1) is 10.8 Å². The summed E-state index contributed by atoms with van der Waals surface area (Å²) in [7, 11) is 0.428. The number of nitrogens with zero attached hydrogens (tertiary/aromatic N) is 3. The van der Waals surface area contributed by atoms with Gasteiger partial charge in [-0.25, -0.2) is 18.9 Å². The van der Waals surface area contributed by atoms with E-state index in [1.54, 1.807) is 53.9 Å². The van der Waals surface area contributed by atoms with Gasteiger partial charge < -0.3 is 9.29 Å². The Kier molecular flexibility index (Phi) is 7.99. The normalized spacial score (nSPS) is 23.9. The molecule has 196 valence electrons. The van der Waals surface area contributed by atoms with Crippen molar-refractivity contribution < 1.29 is 23.3 Å². The fourth-order valence-corrected chi connectivity index (χ4v) is 5.83. The first-order valence-corrected chi connectivity index (χ1v) is 13.2. The summed E-state index contributed by atoms with van der Waals surface area (Å²) >= 11 is 5.85. The van der Waals surface area contributed by atoms with E-state index in [0.717, 1.165) is 0 Å². The molecule has 1 amide bonds. The third kappa shape index (κ3) is 6.33. The summed E-state index contributed by atoms with van der Waals surface area (Å²) in [6.07, 6.45) is 0.610. The largest absolute Gasteiger partial charge is 0.444 e. The van der Waals surface area contributed by atoms with Gasteiger partial charge in [0.25, 0.3) is 0 Å². The van der Waals surface area contributed by atoms with E-state index in [-0.39, 0.29) is 35.2 Å². The van der Waals surface area contributed by atoms with Gasteiger partial charge in [-0.05, 0) is 64.6 Å². The summed E-state index contributed by atoms with van der Waals surface area (Å²) in [5, 5.41) is 2.99. The smallest absolute Gasteiger partial charge is 0.414 e. The molecule has 1 aliphatic rings. The molecule has 12 heteroatoms. The molecule has 1 unspecified atom stereocenters. The van der Waals surface area contributed by atoms with Gasteiger partial charge in [0.1, 0.15) is 22.7 Å². The van der Waals surface area contributed by atoms with Crippen molar-refractivity contribution in [1.82, 2.24) is 19.3 Å². The van der Waals surface area contributed by atoms with E-state index in [1.807, 2.05) is 0 Å². The minimum atomic E-state index is -2.72. The average Bonchev–Trinajstić information content (AvgIpc) is 2.77. The van der Waals surface area contributed by atoms with Crippen molar-refractivity contribution >= 4 is 40.1 Å². The average molecular weight is 540 g/mol. The number of alkyl carbamates (subject to hydrolysis) is 1. The van der Waals surface area contributed by atoms with Crippen molar-refractivity contribution in [1.29, 1.82) is 0 Å². The first kappa shape index (κ1) is 27.9. The Morgan fingerprint density at radius 1 is 1.31 bits per heavy atom. The number of hydrogen-bond donors (Lipinski definition) is 3. The zero-order chi connectivity index (χ0) is 26.9. The maximum absolute atomic E-state index is 15.2. The standard InChI is InChI=1S/C24H31ClFN5O4S/c1-23(2,3)35-22(33)29-21-30-24(4,14-36(34,27-5)31(21)6)17-11-15(7-9-18(17)26)12-20(32)19-10-8-16(25)13-28-19/h7-11,13,27,34H,12,14H2,1-6H3,(H,29,30,33)/t24-/m0/s1. The molecule has 0 fully saturated rings. The van der Waals surface area contributed by atoms with Crippen molar-refractivity contribution in [3.05, 3.63) is 64.2 Å². The molecule has 0 spiro atoms. The molecule has 3 N–H and O–H groups in total. The Balaban J connectivity index is 1.98. The van der Waals surface area contributed by atoms with Crippen LogP contribution in [-0.2, 0) is 16.7 Å². The molecule has 1 aliphatic heterocycles. The lowest BCUT2D eigenvalue weighted by Crippen LogP contribution is -2.54. The molecule has 3 rings (SSSR count). The number of Topliss-reactive ketones (excluding diaryl/α,β-unsaturated/α-hetero) is 1. The van der Waals surface area contributed by atoms with Crippen LogP contribution in [0.2, 0.25) is 5.02 Å². The van der Waals surface area contributed by atoms with Crippen molar-refractivity contribution in [3.63, 3.8) is 0 Å². The number of amides is 1. The Morgan fingerprint density at radius 3 is 2.58 bits per heavy atom. The Morgan fingerprint density at radius 2 is 2.00 bits per heavy atom. The molecular formula is C24H31ClFN5O4S. The van der Waals surface area contributed by atoms with Crippen LogP contribution in [-0.4, -0.2) is 57.1 Å². The molecule has 0 saturated carbocycles. The molecule has 0 aliphatic carbocycles. The number of aliphatic imine (C=N–C) groups is 1. The van der Waals surface area contributed by atoms with E-state index < -0.39 is 33.7 Å². The van der Waals surface area contributed by atoms with Gasteiger partial charge in [-0.3, -0.25) is 19.4 Å². The van der Waals surface area contributed by atoms with E-state index >= 15 is 4.39 Å². The van der Waals surface area contributed by atoms with Crippen LogP contribution < -0.4 is 10.0 Å². The highest BCUT2D eigenvalue weighted by atomic mass is 35.5. The van der Waals surface area contributed by atoms with E-state index in [0.29, 0.717) is 10.6 Å². The second-order valence-electron chi connectivity index (χ2n) is 9.62. The second-order valence-corrected chi connectivity index (χ2v) is 12.6. The molecule has 36 heavy (non-hydrogen) atoms. The van der Waals surface area contributed by atoms with Crippen LogP contribution >= 0.6 is 22.3 Å². The molecular weight excluding hydrogens is 509 g/mol. The van der Waals surface area contributed by atoms with Gasteiger partial charge in [-0.1, -0.05) is 17.7 Å². The Bertz CT molecular complexity index is 1190. The third-order valence-corrected chi connectivity index (χ3v) is 8.44. The summed E-state index contributed by atoms with van der Waals surface area (Å²) in [6, 6.07) is 7.45. The summed E-state index contributed by atoms with van der Waals surface area (Å²) in [4.78, 5) is 33.8. The van der Waals surface area contributed by atoms with Gasteiger partial charge >= 0.3 is 6.09 Å². The van der Waals surface area contributed by atoms with Crippen molar-refractivity contribution in [2.75, 3.05) is 19.8 Å². The first-order valence-electron chi connectivity index (χ1n) is 11.2. The zero-order valence-electron chi connectivity index (χ0n) is 21.1. The lowest BCUT2D eigenvalue weighted by molar-refractivity contribution is 0.0558. The predicted octanol–water partition coefficient (Wildman–Crippen LogP) is 4.67. The summed E-state index contributed by atoms with van der Waals surface area (Å²) in [5.74, 6) is -0.761. The fraction of sp³-hybridized carbons (Fsp3) is 0.417. The molecule has 2 aromatic rings. The van der Waals surface area contributed by atoms with Crippen LogP contribution in [0.4, 0.5) is 9.18 Å². The van der Waals surface area contributed by atoms with Crippen molar-refractivity contribution in [2.45, 2.75) is 45.3 Å². The van der Waals surface area contributed by atoms with E-state index in [9.17, 15) is 14.1 Å². The summed E-state index contributed by atoms with van der Waals surface area (Å²) in [6.45, 7) is 6.83. The van der Waals surface area contributed by atoms with Gasteiger partial charge in [0, 0.05) is 35.9 Å². The molecule has 9 nitrogen and oxygen atoms in total. The Labute approximate surface area is 216 Å². The number of halogens is 2. The Hall–Kier alpha value is -2.73. The number of benzene rings is 1. The molecule has 2 heterocycles. The van der Waals surface area contributed by atoms with Gasteiger partial charge in [-0.2, -0.15) is 0 Å². The molecule has 0 saturated heterocycles. The van der Waals surface area contributed by atoms with Crippen molar-refractivity contribution in [2.24, 2.45) is 4.99 Å². The SMILES string of the molecule is CNS1(O)C[C@@](C)(c2cc(CC(=O)c3ccc(Cl)cn3)ccc2F)N=C(NC(=O)OC(C)(C)C)N1C. The number of pyridine rings is 1. The van der Waals surface area contributed by atoms with Crippen LogP contribution in [0.5, 0.6) is 0 Å². The number of nitrogens with one attached hydrogen (secondary N) is 2. The highest BCUT2D eigenvalue weighted by Gasteiger charge is 2.45. The maximum atomic E-state index is 15.2. The van der Waals surface area contributed by atoms with Gasteiger partial charge in [0.15, 0.2) is 5.78 Å². The molecule has 1 aromatic heterocycles. The topological polar surface area (TPSA) is 116 Å². The minimum absolute atomic E-state index is 0.0201. The number of guanidine groups is 1. The number of rotatable bonds is 5. The van der Waals surface area contributed by atoms with Crippen LogP contribution in [0.25, 0.3) is 0 Å². The van der Waals surface area contributed by atoms with E-state index in [4.69, 9.17) is 16.3 Å². The number of hydrogen-bond acceptors (Lipinski definition) is 8. The second kappa shape index (κ2) is 10.3. The van der Waals surface area contributed by atoms with Crippen LogP contribution in [0.1, 0.15) is 49.3 Å². The molecule has 2 atom stereocenters. The van der Waals surface area contributed by atoms with E-state index in [1.165, 1.54) is 28.7 Å². The van der Waals surface area contributed by atoms with Crippen molar-refractivity contribution in [3.8, 4) is 0 Å². The van der Waals surface area contributed by atoms with Crippen LogP contribution in [0, 0.1) is 5.82 Å². The maximum Gasteiger partial charge on any atom is 0.414 e. The molecule has 1 aromatic carbocycles. The minimum Gasteiger partial charge on any atom is -0.444 e. The number of aromatic nitrogens is 1. The lowest BCUT2D eigenvalue weighted by atomic mass is 9.91. The first-order chi connectivity index (χ1) is 16.7. The number of ketones is 1. The zero-order valence-corrected chi connectivity index (χ0v) is 22.6. The summed E-state index contributed by atoms with van der Waals surface area (Å²) in [5.41, 5.74) is -1.06. The van der Waals surface area contributed by atoms with Gasteiger partial charge in [-0.15, -0.1) is 0 Å². The summed E-state index contributed by atoms with van der Waals surface area (Å²) < 4.78 is 36.2. The lowest BCUT2D eigenvalue weighted by Gasteiger charge is -2.50. The number of carbonyl (C=O) groups is 2. The molecule has 0 radical (unpaired) electrons.